The molecule has 0 radical (unpaired) electrons. The first-order valence-corrected chi connectivity index (χ1v) is 6.89. The Morgan fingerprint density at radius 3 is 3.12 bits per heavy atom. The van der Waals surface area contributed by atoms with Crippen LogP contribution >= 0.6 is 11.3 Å². The van der Waals surface area contributed by atoms with E-state index < -0.39 is 0 Å². The van der Waals surface area contributed by atoms with Crippen molar-refractivity contribution in [2.45, 2.75) is 38.8 Å². The van der Waals surface area contributed by atoms with Crippen molar-refractivity contribution in [2.24, 2.45) is 0 Å². The fourth-order valence-corrected chi connectivity index (χ4v) is 2.90. The zero-order valence-corrected chi connectivity index (χ0v) is 11.0. The third-order valence-electron chi connectivity index (χ3n) is 3.16. The zero-order valence-electron chi connectivity index (χ0n) is 10.2. The summed E-state index contributed by atoms with van der Waals surface area (Å²) in [5.74, 6) is 0. The van der Waals surface area contributed by atoms with Crippen LogP contribution in [-0.4, -0.2) is 36.1 Å². The van der Waals surface area contributed by atoms with Gasteiger partial charge in [-0.3, -0.25) is 0 Å². The highest BCUT2D eigenvalue weighted by molar-refractivity contribution is 7.11. The molecule has 0 bridgehead atoms. The van der Waals surface area contributed by atoms with Crippen molar-refractivity contribution in [3.05, 3.63) is 16.1 Å². The standard InChI is InChI=1S/C12H21N3S/c1-10-8-14-12(16-10)9-13-11-4-3-6-15(2)7-5-11/h8,11,13H,3-7,9H2,1-2H3. The highest BCUT2D eigenvalue weighted by Gasteiger charge is 2.14. The molecule has 1 aromatic heterocycles. The Labute approximate surface area is 102 Å². The van der Waals surface area contributed by atoms with Crippen LogP contribution in [0.5, 0.6) is 0 Å². The Bertz CT molecular complexity index is 324. The van der Waals surface area contributed by atoms with E-state index in [9.17, 15) is 0 Å². The summed E-state index contributed by atoms with van der Waals surface area (Å²) in [4.78, 5) is 8.11. The predicted octanol–water partition coefficient (Wildman–Crippen LogP) is 2.03. The van der Waals surface area contributed by atoms with Crippen molar-refractivity contribution in [3.8, 4) is 0 Å². The van der Waals surface area contributed by atoms with Gasteiger partial charge in [0.15, 0.2) is 0 Å². The fraction of sp³-hybridized carbons (Fsp3) is 0.750. The predicted molar refractivity (Wildman–Crippen MR) is 68.8 cm³/mol. The third kappa shape index (κ3) is 3.54. The van der Waals surface area contributed by atoms with E-state index in [-0.39, 0.29) is 0 Å². The van der Waals surface area contributed by atoms with Crippen LogP contribution in [-0.2, 0) is 6.54 Å². The van der Waals surface area contributed by atoms with Gasteiger partial charge in [-0.2, -0.15) is 0 Å². The van der Waals surface area contributed by atoms with Gasteiger partial charge in [0.25, 0.3) is 0 Å². The van der Waals surface area contributed by atoms with E-state index in [2.05, 4.69) is 29.2 Å². The average Bonchev–Trinajstić information content (AvgIpc) is 2.56. The Morgan fingerprint density at radius 1 is 1.50 bits per heavy atom. The molecule has 1 fully saturated rings. The lowest BCUT2D eigenvalue weighted by atomic mass is 10.1. The molecule has 0 saturated carbocycles. The van der Waals surface area contributed by atoms with E-state index in [0.29, 0.717) is 6.04 Å². The molecule has 3 nitrogen and oxygen atoms in total. The second-order valence-corrected chi connectivity index (χ2v) is 6.00. The number of rotatable bonds is 3. The molecule has 0 spiro atoms. The number of aromatic nitrogens is 1. The minimum absolute atomic E-state index is 0.675. The maximum absolute atomic E-state index is 4.38. The van der Waals surface area contributed by atoms with Crippen LogP contribution in [0.1, 0.15) is 29.1 Å². The molecule has 0 aromatic carbocycles. The molecule has 2 rings (SSSR count). The van der Waals surface area contributed by atoms with Crippen LogP contribution in [0.4, 0.5) is 0 Å². The maximum atomic E-state index is 4.38. The average molecular weight is 239 g/mol. The highest BCUT2D eigenvalue weighted by Crippen LogP contribution is 2.13. The summed E-state index contributed by atoms with van der Waals surface area (Å²) in [5, 5.41) is 4.85. The SMILES string of the molecule is Cc1cnc(CNC2CCCN(C)CC2)s1. The number of nitrogens with zero attached hydrogens (tertiary/aromatic N) is 2. The van der Waals surface area contributed by atoms with Gasteiger partial charge in [-0.15, -0.1) is 11.3 Å². The third-order valence-corrected chi connectivity index (χ3v) is 4.08. The van der Waals surface area contributed by atoms with Crippen molar-refractivity contribution in [2.75, 3.05) is 20.1 Å². The lowest BCUT2D eigenvalue weighted by molar-refractivity contribution is 0.343. The molecule has 0 aliphatic carbocycles. The number of thiazole rings is 1. The zero-order chi connectivity index (χ0) is 11.4. The first-order valence-electron chi connectivity index (χ1n) is 6.07. The molecular formula is C12H21N3S. The second kappa shape index (κ2) is 5.75. The van der Waals surface area contributed by atoms with Gasteiger partial charge in [-0.25, -0.2) is 4.98 Å². The molecule has 1 atom stereocenters. The second-order valence-electron chi connectivity index (χ2n) is 4.68. The first-order chi connectivity index (χ1) is 7.74. The van der Waals surface area contributed by atoms with E-state index in [1.807, 2.05) is 6.20 Å². The Kier molecular flexibility index (Phi) is 4.32. The fourth-order valence-electron chi connectivity index (χ4n) is 2.16. The summed E-state index contributed by atoms with van der Waals surface area (Å²) in [6, 6.07) is 0.675. The molecule has 1 saturated heterocycles. The molecular weight excluding hydrogens is 218 g/mol. The van der Waals surface area contributed by atoms with E-state index in [1.165, 1.54) is 42.2 Å². The quantitative estimate of drug-likeness (QED) is 0.875. The van der Waals surface area contributed by atoms with Crippen LogP contribution < -0.4 is 5.32 Å². The molecule has 90 valence electrons. The largest absolute Gasteiger partial charge is 0.308 e. The van der Waals surface area contributed by atoms with E-state index >= 15 is 0 Å². The van der Waals surface area contributed by atoms with Gasteiger partial charge in [-0.05, 0) is 46.3 Å². The van der Waals surface area contributed by atoms with Gasteiger partial charge < -0.3 is 10.2 Å². The smallest absolute Gasteiger partial charge is 0.107 e. The van der Waals surface area contributed by atoms with E-state index in [0.717, 1.165) is 6.54 Å². The summed E-state index contributed by atoms with van der Waals surface area (Å²) in [7, 11) is 2.21. The van der Waals surface area contributed by atoms with Gasteiger partial charge in [0.05, 0.1) is 0 Å². The van der Waals surface area contributed by atoms with Crippen LogP contribution in [0.3, 0.4) is 0 Å². The van der Waals surface area contributed by atoms with E-state index in [1.54, 1.807) is 11.3 Å². The number of hydrogen-bond donors (Lipinski definition) is 1. The molecule has 1 aliphatic rings. The Balaban J connectivity index is 1.77. The summed E-state index contributed by atoms with van der Waals surface area (Å²) in [6.07, 6.45) is 5.84. The topological polar surface area (TPSA) is 28.2 Å². The molecule has 2 heterocycles. The van der Waals surface area contributed by atoms with Gasteiger partial charge >= 0.3 is 0 Å². The summed E-state index contributed by atoms with van der Waals surface area (Å²) in [6.45, 7) is 5.51. The maximum Gasteiger partial charge on any atom is 0.107 e. The van der Waals surface area contributed by atoms with E-state index in [4.69, 9.17) is 0 Å². The number of nitrogens with one attached hydrogen (secondary N) is 1. The Morgan fingerprint density at radius 2 is 2.38 bits per heavy atom. The number of hydrogen-bond acceptors (Lipinski definition) is 4. The van der Waals surface area contributed by atoms with Gasteiger partial charge in [0, 0.05) is 23.7 Å². The highest BCUT2D eigenvalue weighted by atomic mass is 32.1. The minimum atomic E-state index is 0.675. The van der Waals surface area contributed by atoms with Crippen molar-refractivity contribution >= 4 is 11.3 Å². The number of aryl methyl sites for hydroxylation is 1. The van der Waals surface area contributed by atoms with Crippen LogP contribution in [0.15, 0.2) is 6.20 Å². The summed E-state index contributed by atoms with van der Waals surface area (Å²) < 4.78 is 0. The van der Waals surface area contributed by atoms with Crippen molar-refractivity contribution in [1.82, 2.24) is 15.2 Å². The van der Waals surface area contributed by atoms with Crippen LogP contribution in [0, 0.1) is 6.92 Å². The molecule has 1 N–H and O–H groups in total. The van der Waals surface area contributed by atoms with Crippen LogP contribution in [0.2, 0.25) is 0 Å². The molecule has 0 amide bonds. The van der Waals surface area contributed by atoms with Crippen LogP contribution in [0.25, 0.3) is 0 Å². The van der Waals surface area contributed by atoms with Gasteiger partial charge in [-0.1, -0.05) is 0 Å². The molecule has 16 heavy (non-hydrogen) atoms. The lowest BCUT2D eigenvalue weighted by Gasteiger charge is -2.15. The monoisotopic (exact) mass is 239 g/mol. The lowest BCUT2D eigenvalue weighted by Crippen LogP contribution is -2.29. The molecule has 4 heteroatoms. The first kappa shape index (κ1) is 12.0. The van der Waals surface area contributed by atoms with Gasteiger partial charge in [0.2, 0.25) is 0 Å². The molecule has 1 unspecified atom stereocenters. The van der Waals surface area contributed by atoms with Crippen molar-refractivity contribution in [3.63, 3.8) is 0 Å². The Hall–Kier alpha value is -0.450. The summed E-state index contributed by atoms with van der Waals surface area (Å²) >= 11 is 1.80. The van der Waals surface area contributed by atoms with Crippen molar-refractivity contribution in [1.29, 1.82) is 0 Å². The molecule has 1 aliphatic heterocycles. The minimum Gasteiger partial charge on any atom is -0.308 e. The van der Waals surface area contributed by atoms with Crippen molar-refractivity contribution < 1.29 is 0 Å². The number of likely N-dealkylation sites (tertiary alicyclic amines) is 1. The summed E-state index contributed by atoms with van der Waals surface area (Å²) in [5.41, 5.74) is 0. The normalized spacial score (nSPS) is 23.2. The molecule has 1 aromatic rings. The van der Waals surface area contributed by atoms with Gasteiger partial charge in [0.1, 0.15) is 5.01 Å².